The molecule has 1 aliphatic carbocycles. The highest BCUT2D eigenvalue weighted by atomic mass is 16.2. The van der Waals surface area contributed by atoms with Crippen LogP contribution in [0.1, 0.15) is 26.7 Å². The summed E-state index contributed by atoms with van der Waals surface area (Å²) in [5.41, 5.74) is 1.51. The van der Waals surface area contributed by atoms with Crippen LogP contribution in [0.4, 0.5) is 11.4 Å². The standard InChI is InChI=1S/C19H26N4O/c1-14-10-22(3)16-6-4-5-7-17(16)23(11-14)12-18(24)21-19(2,13-20)15-8-9-15/h4-7,14-15H,8-12H2,1-3H3,(H,21,24)/t14-,19+/m0/s1. The van der Waals surface area contributed by atoms with Gasteiger partial charge in [-0.05, 0) is 43.7 Å². The number of nitrogens with one attached hydrogen (secondary N) is 1. The number of nitrogens with zero attached hydrogens (tertiary/aromatic N) is 3. The molecule has 0 radical (unpaired) electrons. The second kappa shape index (κ2) is 6.35. The number of carbonyl (C=O) groups is 1. The third kappa shape index (κ3) is 3.33. The molecule has 1 amide bonds. The smallest absolute Gasteiger partial charge is 0.240 e. The highest BCUT2D eigenvalue weighted by molar-refractivity contribution is 5.84. The average molecular weight is 326 g/mol. The maximum absolute atomic E-state index is 12.6. The second-order valence-electron chi connectivity index (χ2n) is 7.49. The van der Waals surface area contributed by atoms with Gasteiger partial charge < -0.3 is 15.1 Å². The Morgan fingerprint density at radius 3 is 2.62 bits per heavy atom. The SMILES string of the molecule is C[C@H]1CN(C)c2ccccc2N(CC(=O)N[C@](C)(C#N)C2CC2)C1. The number of carbonyl (C=O) groups excluding carboxylic acids is 1. The van der Waals surface area contributed by atoms with Crippen molar-refractivity contribution >= 4 is 17.3 Å². The van der Waals surface area contributed by atoms with Crippen LogP contribution in [0.25, 0.3) is 0 Å². The molecule has 128 valence electrons. The third-order valence-electron chi connectivity index (χ3n) is 5.11. The van der Waals surface area contributed by atoms with E-state index >= 15 is 0 Å². The molecule has 1 aromatic carbocycles. The van der Waals surface area contributed by atoms with E-state index < -0.39 is 5.54 Å². The number of amides is 1. The lowest BCUT2D eigenvalue weighted by molar-refractivity contribution is -0.121. The molecule has 2 aliphatic rings. The molecule has 5 heteroatoms. The molecule has 0 spiro atoms. The van der Waals surface area contributed by atoms with E-state index in [-0.39, 0.29) is 5.91 Å². The normalized spacial score (nSPS) is 22.8. The molecule has 3 rings (SSSR count). The third-order valence-corrected chi connectivity index (χ3v) is 5.11. The van der Waals surface area contributed by atoms with Crippen molar-refractivity contribution in [1.29, 1.82) is 5.26 Å². The summed E-state index contributed by atoms with van der Waals surface area (Å²) in [5, 5.41) is 12.4. The van der Waals surface area contributed by atoms with E-state index in [1.165, 1.54) is 0 Å². The molecule has 5 nitrogen and oxygen atoms in total. The van der Waals surface area contributed by atoms with Crippen molar-refractivity contribution < 1.29 is 4.79 Å². The number of fused-ring (bicyclic) bond motifs is 1. The van der Waals surface area contributed by atoms with Crippen LogP contribution in [-0.2, 0) is 4.79 Å². The predicted molar refractivity (Wildman–Crippen MR) is 96.0 cm³/mol. The summed E-state index contributed by atoms with van der Waals surface area (Å²) < 4.78 is 0. The lowest BCUT2D eigenvalue weighted by Gasteiger charge is -2.28. The Morgan fingerprint density at radius 1 is 1.33 bits per heavy atom. The van der Waals surface area contributed by atoms with Crippen molar-refractivity contribution in [2.45, 2.75) is 32.2 Å². The van der Waals surface area contributed by atoms with Gasteiger partial charge in [-0.15, -0.1) is 0 Å². The van der Waals surface area contributed by atoms with Crippen LogP contribution in [0.15, 0.2) is 24.3 Å². The van der Waals surface area contributed by atoms with Gasteiger partial charge >= 0.3 is 0 Å². The lowest BCUT2D eigenvalue weighted by Crippen LogP contribution is -2.50. The molecule has 1 saturated carbocycles. The van der Waals surface area contributed by atoms with Gasteiger partial charge in [0.15, 0.2) is 0 Å². The fourth-order valence-electron chi connectivity index (χ4n) is 3.69. The van der Waals surface area contributed by atoms with Crippen molar-refractivity contribution in [3.8, 4) is 6.07 Å². The molecule has 2 atom stereocenters. The molecule has 1 N–H and O–H groups in total. The zero-order chi connectivity index (χ0) is 17.3. The largest absolute Gasteiger partial charge is 0.373 e. The molecule has 0 aromatic heterocycles. The number of hydrogen-bond acceptors (Lipinski definition) is 4. The molecule has 0 saturated heterocycles. The van der Waals surface area contributed by atoms with Crippen molar-refractivity contribution in [3.05, 3.63) is 24.3 Å². The van der Waals surface area contributed by atoms with Crippen LogP contribution in [0.5, 0.6) is 0 Å². The van der Waals surface area contributed by atoms with Crippen LogP contribution in [0.3, 0.4) is 0 Å². The first-order chi connectivity index (χ1) is 11.4. The number of hydrogen-bond donors (Lipinski definition) is 1. The summed E-state index contributed by atoms with van der Waals surface area (Å²) in [6, 6.07) is 10.5. The summed E-state index contributed by atoms with van der Waals surface area (Å²) in [4.78, 5) is 17.0. The van der Waals surface area contributed by atoms with Crippen LogP contribution in [-0.4, -0.2) is 38.1 Å². The van der Waals surface area contributed by atoms with Gasteiger partial charge in [0, 0.05) is 20.1 Å². The molecule has 1 fully saturated rings. The van der Waals surface area contributed by atoms with Gasteiger partial charge in [-0.1, -0.05) is 19.1 Å². The van der Waals surface area contributed by atoms with Gasteiger partial charge in [0.2, 0.25) is 5.91 Å². The minimum absolute atomic E-state index is 0.0718. The quantitative estimate of drug-likeness (QED) is 0.923. The van der Waals surface area contributed by atoms with Crippen LogP contribution >= 0.6 is 0 Å². The Morgan fingerprint density at radius 2 is 2.00 bits per heavy atom. The number of para-hydroxylation sites is 2. The first-order valence-electron chi connectivity index (χ1n) is 8.70. The summed E-state index contributed by atoms with van der Waals surface area (Å²) in [5.74, 6) is 0.686. The second-order valence-corrected chi connectivity index (χ2v) is 7.49. The topological polar surface area (TPSA) is 59.4 Å². The van der Waals surface area contributed by atoms with E-state index in [0.29, 0.717) is 18.4 Å². The van der Waals surface area contributed by atoms with E-state index in [1.54, 1.807) is 0 Å². The molecular weight excluding hydrogens is 300 g/mol. The van der Waals surface area contributed by atoms with Crippen LogP contribution < -0.4 is 15.1 Å². The highest BCUT2D eigenvalue weighted by Gasteiger charge is 2.43. The van der Waals surface area contributed by atoms with E-state index in [0.717, 1.165) is 37.3 Å². The average Bonchev–Trinajstić information content (AvgIpc) is 3.39. The van der Waals surface area contributed by atoms with Crippen molar-refractivity contribution in [2.24, 2.45) is 11.8 Å². The van der Waals surface area contributed by atoms with Crippen LogP contribution in [0, 0.1) is 23.2 Å². The molecule has 1 aromatic rings. The molecule has 0 bridgehead atoms. The van der Waals surface area contributed by atoms with E-state index in [9.17, 15) is 10.1 Å². The van der Waals surface area contributed by atoms with Gasteiger partial charge in [0.05, 0.1) is 24.0 Å². The minimum Gasteiger partial charge on any atom is -0.373 e. The van der Waals surface area contributed by atoms with Crippen LogP contribution in [0.2, 0.25) is 0 Å². The number of anilines is 2. The summed E-state index contributed by atoms with van der Waals surface area (Å²) >= 11 is 0. The Balaban J connectivity index is 1.77. The summed E-state index contributed by atoms with van der Waals surface area (Å²) in [6.07, 6.45) is 2.05. The fourth-order valence-corrected chi connectivity index (χ4v) is 3.69. The molecule has 1 aliphatic heterocycles. The van der Waals surface area contributed by atoms with Crippen molar-refractivity contribution in [3.63, 3.8) is 0 Å². The van der Waals surface area contributed by atoms with Gasteiger partial charge in [-0.3, -0.25) is 4.79 Å². The van der Waals surface area contributed by atoms with Gasteiger partial charge in [-0.25, -0.2) is 0 Å². The zero-order valence-electron chi connectivity index (χ0n) is 14.7. The summed E-state index contributed by atoms with van der Waals surface area (Å²) in [7, 11) is 2.10. The Labute approximate surface area is 144 Å². The van der Waals surface area contributed by atoms with Gasteiger partial charge in [-0.2, -0.15) is 5.26 Å². The summed E-state index contributed by atoms with van der Waals surface area (Å²) in [6.45, 7) is 6.14. The molecular formula is C19H26N4O. The monoisotopic (exact) mass is 326 g/mol. The first-order valence-corrected chi connectivity index (χ1v) is 8.70. The lowest BCUT2D eigenvalue weighted by atomic mass is 9.98. The Bertz CT molecular complexity index is 664. The predicted octanol–water partition coefficient (Wildman–Crippen LogP) is 2.39. The van der Waals surface area contributed by atoms with E-state index in [4.69, 9.17) is 0 Å². The highest BCUT2D eigenvalue weighted by Crippen LogP contribution is 2.39. The van der Waals surface area contributed by atoms with E-state index in [1.807, 2.05) is 19.1 Å². The number of benzene rings is 1. The molecule has 1 heterocycles. The van der Waals surface area contributed by atoms with Gasteiger partial charge in [0.1, 0.15) is 5.54 Å². The maximum atomic E-state index is 12.6. The number of rotatable bonds is 4. The first kappa shape index (κ1) is 16.6. The minimum atomic E-state index is -0.731. The zero-order valence-corrected chi connectivity index (χ0v) is 14.7. The molecule has 0 unspecified atom stereocenters. The Hall–Kier alpha value is -2.22. The number of nitriles is 1. The Kier molecular flexibility index (Phi) is 4.40. The van der Waals surface area contributed by atoms with Crippen molar-refractivity contribution in [2.75, 3.05) is 36.5 Å². The van der Waals surface area contributed by atoms with Gasteiger partial charge in [0.25, 0.3) is 0 Å². The van der Waals surface area contributed by atoms with Crippen molar-refractivity contribution in [1.82, 2.24) is 5.32 Å². The fraction of sp³-hybridized carbons (Fsp3) is 0.579. The van der Waals surface area contributed by atoms with E-state index in [2.05, 4.69) is 47.3 Å². The molecule has 24 heavy (non-hydrogen) atoms. The maximum Gasteiger partial charge on any atom is 0.240 e.